The molecule has 0 spiro atoms. The van der Waals surface area contributed by atoms with Crippen LogP contribution in [0.2, 0.25) is 0 Å². The van der Waals surface area contributed by atoms with E-state index < -0.39 is 11.2 Å². The SMILES string of the molecule is CCN(CC)C(=O)Cn1ccc(=O)n(CCN)c1=O. The topological polar surface area (TPSA) is 90.3 Å². The van der Waals surface area contributed by atoms with Gasteiger partial charge in [0, 0.05) is 38.4 Å². The Morgan fingerprint density at radius 1 is 1.32 bits per heavy atom. The minimum Gasteiger partial charge on any atom is -0.342 e. The van der Waals surface area contributed by atoms with Gasteiger partial charge in [0.05, 0.1) is 0 Å². The fourth-order valence-electron chi connectivity index (χ4n) is 1.83. The second kappa shape index (κ2) is 6.89. The molecule has 0 radical (unpaired) electrons. The Morgan fingerprint density at radius 2 is 1.95 bits per heavy atom. The van der Waals surface area contributed by atoms with E-state index in [0.29, 0.717) is 13.1 Å². The average molecular weight is 268 g/mol. The highest BCUT2D eigenvalue weighted by Gasteiger charge is 2.12. The molecule has 1 aromatic rings. The van der Waals surface area contributed by atoms with Gasteiger partial charge < -0.3 is 10.6 Å². The molecule has 0 aromatic carbocycles. The Balaban J connectivity index is 3.03. The van der Waals surface area contributed by atoms with Crippen LogP contribution in [-0.4, -0.2) is 39.6 Å². The molecule has 7 heteroatoms. The highest BCUT2D eigenvalue weighted by Crippen LogP contribution is 1.91. The summed E-state index contributed by atoms with van der Waals surface area (Å²) in [5.41, 5.74) is 4.46. The number of carbonyl (C=O) groups is 1. The van der Waals surface area contributed by atoms with Crippen molar-refractivity contribution in [3.8, 4) is 0 Å². The van der Waals surface area contributed by atoms with Crippen LogP contribution >= 0.6 is 0 Å². The third-order valence-corrected chi connectivity index (χ3v) is 2.91. The van der Waals surface area contributed by atoms with E-state index in [0.717, 1.165) is 4.57 Å². The molecule has 106 valence electrons. The van der Waals surface area contributed by atoms with Crippen LogP contribution in [0.3, 0.4) is 0 Å². The Kier molecular flexibility index (Phi) is 5.50. The van der Waals surface area contributed by atoms with Crippen molar-refractivity contribution in [3.05, 3.63) is 33.1 Å². The maximum absolute atomic E-state index is 12.0. The summed E-state index contributed by atoms with van der Waals surface area (Å²) in [4.78, 5) is 37.1. The Labute approximate surface area is 111 Å². The number of nitrogens with two attached hydrogens (primary N) is 1. The van der Waals surface area contributed by atoms with Crippen molar-refractivity contribution in [1.29, 1.82) is 0 Å². The van der Waals surface area contributed by atoms with E-state index in [4.69, 9.17) is 5.73 Å². The fraction of sp³-hybridized carbons (Fsp3) is 0.583. The Bertz CT molecular complexity index is 543. The van der Waals surface area contributed by atoms with Gasteiger partial charge in [-0.1, -0.05) is 0 Å². The molecule has 1 amide bonds. The van der Waals surface area contributed by atoms with E-state index in [1.165, 1.54) is 16.8 Å². The predicted octanol–water partition coefficient (Wildman–Crippen LogP) is -1.16. The minimum absolute atomic E-state index is 0.0641. The molecule has 0 fully saturated rings. The third-order valence-electron chi connectivity index (χ3n) is 2.91. The van der Waals surface area contributed by atoms with Gasteiger partial charge in [-0.3, -0.25) is 18.7 Å². The van der Waals surface area contributed by atoms with Crippen molar-refractivity contribution in [2.24, 2.45) is 5.73 Å². The van der Waals surface area contributed by atoms with Crippen LogP contribution in [0.4, 0.5) is 0 Å². The summed E-state index contributed by atoms with van der Waals surface area (Å²) in [6.07, 6.45) is 1.35. The van der Waals surface area contributed by atoms with Crippen LogP contribution in [0.25, 0.3) is 0 Å². The highest BCUT2D eigenvalue weighted by molar-refractivity contribution is 5.75. The molecule has 0 saturated carbocycles. The first-order valence-corrected chi connectivity index (χ1v) is 6.33. The molecule has 7 nitrogen and oxygen atoms in total. The van der Waals surface area contributed by atoms with Crippen molar-refractivity contribution in [3.63, 3.8) is 0 Å². The molecule has 0 atom stereocenters. The van der Waals surface area contributed by atoms with Crippen LogP contribution < -0.4 is 17.0 Å². The van der Waals surface area contributed by atoms with Gasteiger partial charge in [-0.2, -0.15) is 0 Å². The molecule has 0 aliphatic heterocycles. The fourth-order valence-corrected chi connectivity index (χ4v) is 1.83. The molecule has 1 heterocycles. The Hall–Kier alpha value is -1.89. The second-order valence-electron chi connectivity index (χ2n) is 4.07. The number of rotatable bonds is 6. The lowest BCUT2D eigenvalue weighted by atomic mass is 10.4. The molecule has 0 bridgehead atoms. The second-order valence-corrected chi connectivity index (χ2v) is 4.07. The zero-order valence-corrected chi connectivity index (χ0v) is 11.3. The van der Waals surface area contributed by atoms with Crippen molar-refractivity contribution in [1.82, 2.24) is 14.0 Å². The summed E-state index contributed by atoms with van der Waals surface area (Å²) in [7, 11) is 0. The Morgan fingerprint density at radius 3 is 2.47 bits per heavy atom. The summed E-state index contributed by atoms with van der Waals surface area (Å²) in [5, 5.41) is 0. The maximum Gasteiger partial charge on any atom is 0.331 e. The summed E-state index contributed by atoms with van der Waals surface area (Å²) < 4.78 is 2.27. The number of amides is 1. The molecule has 0 saturated heterocycles. The molecule has 2 N–H and O–H groups in total. The minimum atomic E-state index is -0.501. The first-order chi connectivity index (χ1) is 9.04. The van der Waals surface area contributed by atoms with Crippen molar-refractivity contribution in [2.75, 3.05) is 19.6 Å². The molecule has 1 rings (SSSR count). The van der Waals surface area contributed by atoms with E-state index in [1.54, 1.807) is 4.90 Å². The van der Waals surface area contributed by atoms with Gasteiger partial charge in [0.15, 0.2) is 0 Å². The molecule has 0 unspecified atom stereocenters. The third kappa shape index (κ3) is 3.54. The number of likely N-dealkylation sites (N-methyl/N-ethyl adjacent to an activating group) is 1. The van der Waals surface area contributed by atoms with Gasteiger partial charge in [-0.25, -0.2) is 4.79 Å². The lowest BCUT2D eigenvalue weighted by Gasteiger charge is -2.19. The number of carbonyl (C=O) groups excluding carboxylic acids is 1. The van der Waals surface area contributed by atoms with Gasteiger partial charge >= 0.3 is 5.69 Å². The smallest absolute Gasteiger partial charge is 0.331 e. The molecular weight excluding hydrogens is 248 g/mol. The maximum atomic E-state index is 12.0. The molecule has 1 aromatic heterocycles. The largest absolute Gasteiger partial charge is 0.342 e. The van der Waals surface area contributed by atoms with Gasteiger partial charge in [-0.05, 0) is 13.8 Å². The normalized spacial score (nSPS) is 10.5. The van der Waals surface area contributed by atoms with Crippen LogP contribution in [0.15, 0.2) is 21.9 Å². The monoisotopic (exact) mass is 268 g/mol. The first-order valence-electron chi connectivity index (χ1n) is 6.33. The summed E-state index contributed by atoms with van der Waals surface area (Å²) in [6, 6.07) is 1.27. The predicted molar refractivity (Wildman–Crippen MR) is 71.9 cm³/mol. The molecule has 0 aliphatic rings. The van der Waals surface area contributed by atoms with Crippen LogP contribution in [-0.2, 0) is 17.9 Å². The van der Waals surface area contributed by atoms with Crippen LogP contribution in [0.5, 0.6) is 0 Å². The molecular formula is C12H20N4O3. The number of nitrogens with zero attached hydrogens (tertiary/aromatic N) is 3. The van der Waals surface area contributed by atoms with Crippen LogP contribution in [0, 0.1) is 0 Å². The standard InChI is InChI=1S/C12H20N4O3/c1-3-14(4-2)11(18)9-15-7-5-10(17)16(8-6-13)12(15)19/h5,7H,3-4,6,8-9,13H2,1-2H3. The van der Waals surface area contributed by atoms with Crippen molar-refractivity contribution in [2.45, 2.75) is 26.9 Å². The van der Waals surface area contributed by atoms with Gasteiger partial charge in [-0.15, -0.1) is 0 Å². The number of hydrogen-bond acceptors (Lipinski definition) is 4. The van der Waals surface area contributed by atoms with E-state index in [2.05, 4.69) is 0 Å². The van der Waals surface area contributed by atoms with Crippen molar-refractivity contribution >= 4 is 5.91 Å². The molecule has 19 heavy (non-hydrogen) atoms. The number of aromatic nitrogens is 2. The first kappa shape index (κ1) is 15.2. The van der Waals surface area contributed by atoms with Crippen LogP contribution in [0.1, 0.15) is 13.8 Å². The number of hydrogen-bond donors (Lipinski definition) is 1. The van der Waals surface area contributed by atoms with E-state index in [-0.39, 0.29) is 25.5 Å². The summed E-state index contributed by atoms with van der Waals surface area (Å²) in [6.45, 7) is 5.21. The lowest BCUT2D eigenvalue weighted by Crippen LogP contribution is -2.43. The van der Waals surface area contributed by atoms with E-state index in [1.807, 2.05) is 13.8 Å². The summed E-state index contributed by atoms with van der Waals surface area (Å²) in [5.74, 6) is -0.148. The lowest BCUT2D eigenvalue weighted by molar-refractivity contribution is -0.131. The van der Waals surface area contributed by atoms with Gasteiger partial charge in [0.1, 0.15) is 6.54 Å². The van der Waals surface area contributed by atoms with Gasteiger partial charge in [0.2, 0.25) is 5.91 Å². The average Bonchev–Trinajstić information content (AvgIpc) is 2.39. The van der Waals surface area contributed by atoms with E-state index in [9.17, 15) is 14.4 Å². The summed E-state index contributed by atoms with van der Waals surface area (Å²) >= 11 is 0. The molecule has 0 aliphatic carbocycles. The van der Waals surface area contributed by atoms with Crippen molar-refractivity contribution < 1.29 is 4.79 Å². The zero-order chi connectivity index (χ0) is 14.4. The van der Waals surface area contributed by atoms with Gasteiger partial charge in [0.25, 0.3) is 5.56 Å². The highest BCUT2D eigenvalue weighted by atomic mass is 16.2. The zero-order valence-electron chi connectivity index (χ0n) is 11.3. The quantitative estimate of drug-likeness (QED) is 0.704. The van der Waals surface area contributed by atoms with E-state index >= 15 is 0 Å².